The second-order valence-corrected chi connectivity index (χ2v) is 3.59. The van der Waals surface area contributed by atoms with Crippen LogP contribution in [-0.4, -0.2) is 30.0 Å². The fourth-order valence-electron chi connectivity index (χ4n) is 1.38. The third-order valence-corrected chi connectivity index (χ3v) is 2.23. The van der Waals surface area contributed by atoms with Crippen LogP contribution in [0.1, 0.15) is 24.3 Å². The third kappa shape index (κ3) is 4.05. The van der Waals surface area contributed by atoms with Crippen molar-refractivity contribution in [1.29, 1.82) is 0 Å². The maximum absolute atomic E-state index is 12.3. The van der Waals surface area contributed by atoms with E-state index in [0.717, 1.165) is 4.90 Å². The van der Waals surface area contributed by atoms with E-state index in [1.165, 1.54) is 25.3 Å². The molecule has 0 unspecified atom stereocenters. The number of halogens is 3. The number of hydrogen-bond donors (Lipinski definition) is 0. The summed E-state index contributed by atoms with van der Waals surface area (Å²) >= 11 is 0. The molecule has 0 aromatic carbocycles. The lowest BCUT2D eigenvalue weighted by Gasteiger charge is -2.23. The number of carbonyl (C=O) groups excluding carboxylic acids is 1. The van der Waals surface area contributed by atoms with Crippen LogP contribution >= 0.6 is 0 Å². The molecule has 0 atom stereocenters. The van der Waals surface area contributed by atoms with Crippen molar-refractivity contribution in [2.75, 3.05) is 18.0 Å². The molecule has 0 amide bonds. The molecule has 0 radical (unpaired) electrons. The lowest BCUT2D eigenvalue weighted by Crippen LogP contribution is -2.34. The summed E-state index contributed by atoms with van der Waals surface area (Å²) in [5, 5.41) is 0. The van der Waals surface area contributed by atoms with Crippen LogP contribution in [0.5, 0.6) is 0 Å². The van der Waals surface area contributed by atoms with Crippen molar-refractivity contribution in [3.05, 3.63) is 24.0 Å². The van der Waals surface area contributed by atoms with Gasteiger partial charge in [-0.3, -0.25) is 9.78 Å². The number of carbonyl (C=O) groups is 1. The normalized spacial score (nSPS) is 11.4. The van der Waals surface area contributed by atoms with Crippen LogP contribution in [0.25, 0.3) is 0 Å². The zero-order valence-electron chi connectivity index (χ0n) is 9.58. The minimum absolute atomic E-state index is 0.213. The Morgan fingerprint density at radius 1 is 1.41 bits per heavy atom. The number of rotatable bonds is 4. The van der Waals surface area contributed by atoms with E-state index >= 15 is 0 Å². The minimum atomic E-state index is -4.25. The number of Topliss-reactive ketones (excluding diaryl/α,β-unsaturated/α-hetero) is 1. The Morgan fingerprint density at radius 3 is 2.41 bits per heavy atom. The maximum Gasteiger partial charge on any atom is 0.405 e. The SMILES string of the molecule is CCN(CC(F)(F)F)c1ccc(C(C)=O)nc1. The summed E-state index contributed by atoms with van der Waals surface area (Å²) in [6, 6.07) is 2.90. The Balaban J connectivity index is 2.86. The van der Waals surface area contributed by atoms with Crippen molar-refractivity contribution >= 4 is 11.5 Å². The van der Waals surface area contributed by atoms with E-state index in [2.05, 4.69) is 4.98 Å². The Bertz CT molecular complexity index is 387. The highest BCUT2D eigenvalue weighted by molar-refractivity contribution is 5.92. The first-order valence-electron chi connectivity index (χ1n) is 5.12. The van der Waals surface area contributed by atoms with Gasteiger partial charge in [0.2, 0.25) is 0 Å². The van der Waals surface area contributed by atoms with Crippen molar-refractivity contribution in [1.82, 2.24) is 4.98 Å². The fraction of sp³-hybridized carbons (Fsp3) is 0.455. The summed E-state index contributed by atoms with van der Waals surface area (Å²) in [5.74, 6) is -0.213. The average Bonchev–Trinajstić information content (AvgIpc) is 2.25. The summed E-state index contributed by atoms with van der Waals surface area (Å²) in [6.45, 7) is 2.19. The standard InChI is InChI=1S/C11H13F3N2O/c1-3-16(7-11(12,13)14)9-4-5-10(8(2)17)15-6-9/h4-6H,3,7H2,1-2H3. The first kappa shape index (κ1) is 13.5. The largest absolute Gasteiger partial charge is 0.405 e. The summed E-state index contributed by atoms with van der Waals surface area (Å²) < 4.78 is 36.8. The van der Waals surface area contributed by atoms with Gasteiger partial charge in [-0.1, -0.05) is 0 Å². The van der Waals surface area contributed by atoms with Crippen molar-refractivity contribution in [3.8, 4) is 0 Å². The number of pyridine rings is 1. The van der Waals surface area contributed by atoms with Crippen LogP contribution in [-0.2, 0) is 0 Å². The highest BCUT2D eigenvalue weighted by Crippen LogP contribution is 2.21. The molecule has 0 aliphatic heterocycles. The van der Waals surface area contributed by atoms with Gasteiger partial charge >= 0.3 is 6.18 Å². The van der Waals surface area contributed by atoms with E-state index in [1.54, 1.807) is 6.92 Å². The Hall–Kier alpha value is -1.59. The Morgan fingerprint density at radius 2 is 2.06 bits per heavy atom. The summed E-state index contributed by atoms with van der Waals surface area (Å²) in [6.07, 6.45) is -2.97. The molecule has 3 nitrogen and oxygen atoms in total. The first-order chi connectivity index (χ1) is 7.83. The van der Waals surface area contributed by atoms with E-state index in [9.17, 15) is 18.0 Å². The number of anilines is 1. The van der Waals surface area contributed by atoms with Crippen LogP contribution in [0, 0.1) is 0 Å². The third-order valence-electron chi connectivity index (χ3n) is 2.23. The highest BCUT2D eigenvalue weighted by atomic mass is 19.4. The van der Waals surface area contributed by atoms with E-state index < -0.39 is 12.7 Å². The molecule has 0 bridgehead atoms. The summed E-state index contributed by atoms with van der Waals surface area (Å²) in [4.78, 5) is 15.9. The predicted octanol–water partition coefficient (Wildman–Crippen LogP) is 2.67. The molecule has 1 aromatic rings. The van der Waals surface area contributed by atoms with Crippen molar-refractivity contribution in [2.24, 2.45) is 0 Å². The van der Waals surface area contributed by atoms with Crippen LogP contribution in [0.3, 0.4) is 0 Å². The molecule has 0 saturated heterocycles. The maximum atomic E-state index is 12.3. The Kier molecular flexibility index (Phi) is 4.09. The summed E-state index contributed by atoms with van der Waals surface area (Å²) in [5.41, 5.74) is 0.603. The zero-order chi connectivity index (χ0) is 13.1. The van der Waals surface area contributed by atoms with Crippen LogP contribution in [0.2, 0.25) is 0 Å². The fourth-order valence-corrected chi connectivity index (χ4v) is 1.38. The molecule has 1 rings (SSSR count). The lowest BCUT2D eigenvalue weighted by atomic mass is 10.2. The number of ketones is 1. The second kappa shape index (κ2) is 5.16. The average molecular weight is 246 g/mol. The molecule has 17 heavy (non-hydrogen) atoms. The number of hydrogen-bond acceptors (Lipinski definition) is 3. The molecule has 0 aliphatic carbocycles. The second-order valence-electron chi connectivity index (χ2n) is 3.59. The molecule has 0 aliphatic rings. The highest BCUT2D eigenvalue weighted by Gasteiger charge is 2.30. The van der Waals surface area contributed by atoms with Gasteiger partial charge in [0.05, 0.1) is 11.9 Å². The first-order valence-corrected chi connectivity index (χ1v) is 5.12. The number of alkyl halides is 3. The molecule has 0 N–H and O–H groups in total. The minimum Gasteiger partial charge on any atom is -0.362 e. The molecule has 1 aromatic heterocycles. The lowest BCUT2D eigenvalue weighted by molar-refractivity contribution is -0.119. The van der Waals surface area contributed by atoms with Crippen LogP contribution in [0.15, 0.2) is 18.3 Å². The van der Waals surface area contributed by atoms with Gasteiger partial charge in [0, 0.05) is 13.5 Å². The monoisotopic (exact) mass is 246 g/mol. The number of nitrogens with zero attached hydrogens (tertiary/aromatic N) is 2. The van der Waals surface area contributed by atoms with Crippen molar-refractivity contribution in [3.63, 3.8) is 0 Å². The van der Waals surface area contributed by atoms with Gasteiger partial charge in [0.25, 0.3) is 0 Å². The van der Waals surface area contributed by atoms with Crippen LogP contribution in [0.4, 0.5) is 18.9 Å². The van der Waals surface area contributed by atoms with Crippen molar-refractivity contribution in [2.45, 2.75) is 20.0 Å². The molecule has 0 spiro atoms. The molecule has 6 heteroatoms. The van der Waals surface area contributed by atoms with Gasteiger partial charge in [0.1, 0.15) is 12.2 Å². The molecule has 0 fully saturated rings. The van der Waals surface area contributed by atoms with Gasteiger partial charge in [0.15, 0.2) is 5.78 Å². The summed E-state index contributed by atoms with van der Waals surface area (Å²) in [7, 11) is 0. The van der Waals surface area contributed by atoms with E-state index in [4.69, 9.17) is 0 Å². The van der Waals surface area contributed by atoms with Crippen LogP contribution < -0.4 is 4.90 Å². The van der Waals surface area contributed by atoms with Gasteiger partial charge in [-0.05, 0) is 19.1 Å². The molecule has 94 valence electrons. The van der Waals surface area contributed by atoms with Gasteiger partial charge in [-0.2, -0.15) is 13.2 Å². The molecular formula is C11H13F3N2O. The van der Waals surface area contributed by atoms with E-state index in [1.807, 2.05) is 0 Å². The smallest absolute Gasteiger partial charge is 0.362 e. The topological polar surface area (TPSA) is 33.2 Å². The predicted molar refractivity (Wildman–Crippen MR) is 58.2 cm³/mol. The van der Waals surface area contributed by atoms with Gasteiger partial charge < -0.3 is 4.90 Å². The van der Waals surface area contributed by atoms with Gasteiger partial charge in [-0.15, -0.1) is 0 Å². The van der Waals surface area contributed by atoms with E-state index in [0.29, 0.717) is 5.69 Å². The number of aromatic nitrogens is 1. The van der Waals surface area contributed by atoms with E-state index in [-0.39, 0.29) is 18.0 Å². The van der Waals surface area contributed by atoms with Crippen molar-refractivity contribution < 1.29 is 18.0 Å². The Labute approximate surface area is 97.3 Å². The quantitative estimate of drug-likeness (QED) is 0.766. The molecule has 1 heterocycles. The zero-order valence-corrected chi connectivity index (χ0v) is 9.58. The van der Waals surface area contributed by atoms with Gasteiger partial charge in [-0.25, -0.2) is 0 Å². The molecule has 0 saturated carbocycles. The molecular weight excluding hydrogens is 233 g/mol.